The van der Waals surface area contributed by atoms with E-state index in [1.165, 1.54) is 10.8 Å². The van der Waals surface area contributed by atoms with Gasteiger partial charge in [0.2, 0.25) is 5.43 Å². The summed E-state index contributed by atoms with van der Waals surface area (Å²) in [6.07, 6.45) is 4.07. The number of thiol groups is 1. The minimum absolute atomic E-state index is 0.0577. The first-order valence-electron chi connectivity index (χ1n) is 9.10. The summed E-state index contributed by atoms with van der Waals surface area (Å²) in [4.78, 5) is 30.5. The van der Waals surface area contributed by atoms with Crippen LogP contribution in [0.15, 0.2) is 40.3 Å². The van der Waals surface area contributed by atoms with Gasteiger partial charge < -0.3 is 10.0 Å². The average Bonchev–Trinajstić information content (AvgIpc) is 2.69. The summed E-state index contributed by atoms with van der Waals surface area (Å²) in [6.45, 7) is 1.31. The first-order chi connectivity index (χ1) is 13.9. The molecular weight excluding hydrogens is 417 g/mol. The highest BCUT2D eigenvalue weighted by molar-refractivity contribution is 7.80. The molecule has 4 rings (SSSR count). The van der Waals surface area contributed by atoms with Gasteiger partial charge in [-0.3, -0.25) is 9.36 Å². The molecule has 1 aliphatic rings. The van der Waals surface area contributed by atoms with Crippen LogP contribution in [0.4, 0.5) is 10.1 Å². The van der Waals surface area contributed by atoms with Crippen LogP contribution in [0.2, 0.25) is 5.02 Å². The van der Waals surface area contributed by atoms with Crippen LogP contribution in [-0.4, -0.2) is 33.7 Å². The number of benzene rings is 1. The lowest BCUT2D eigenvalue weighted by molar-refractivity contribution is 0.0695. The minimum Gasteiger partial charge on any atom is -0.477 e. The number of hydrogen-bond donors (Lipinski definition) is 2. The van der Waals surface area contributed by atoms with Gasteiger partial charge in [0.25, 0.3) is 0 Å². The molecule has 0 aliphatic carbocycles. The molecule has 29 heavy (non-hydrogen) atoms. The molecule has 1 aliphatic heterocycles. The second-order valence-electron chi connectivity index (χ2n) is 6.87. The lowest BCUT2D eigenvalue weighted by Crippen LogP contribution is -2.31. The van der Waals surface area contributed by atoms with E-state index in [4.69, 9.17) is 11.6 Å². The predicted octanol–water partition coefficient (Wildman–Crippen LogP) is 4.16. The largest absolute Gasteiger partial charge is 0.477 e. The fourth-order valence-electron chi connectivity index (χ4n) is 3.69. The van der Waals surface area contributed by atoms with E-state index < -0.39 is 22.8 Å². The molecule has 6 nitrogen and oxygen atoms in total. The van der Waals surface area contributed by atoms with E-state index in [1.54, 1.807) is 18.2 Å². The number of rotatable bonds is 3. The number of pyridine rings is 2. The van der Waals surface area contributed by atoms with Crippen molar-refractivity contribution < 1.29 is 14.3 Å². The van der Waals surface area contributed by atoms with Crippen molar-refractivity contribution in [1.82, 2.24) is 9.55 Å². The molecule has 1 N–H and O–H groups in total. The monoisotopic (exact) mass is 433 g/mol. The molecule has 150 valence electrons. The van der Waals surface area contributed by atoms with Crippen LogP contribution in [-0.2, 0) is 0 Å². The second-order valence-corrected chi connectivity index (χ2v) is 7.70. The summed E-state index contributed by atoms with van der Waals surface area (Å²) >= 11 is 10.9. The van der Waals surface area contributed by atoms with Gasteiger partial charge in [-0.25, -0.2) is 14.2 Å². The topological polar surface area (TPSA) is 75.4 Å². The molecule has 9 heteroatoms. The number of halogens is 2. The summed E-state index contributed by atoms with van der Waals surface area (Å²) in [5, 5.41) is 9.81. The Kier molecular flexibility index (Phi) is 5.23. The number of carboxylic acids is 1. The summed E-state index contributed by atoms with van der Waals surface area (Å²) in [7, 11) is 0. The summed E-state index contributed by atoms with van der Waals surface area (Å²) in [5.74, 6) is -1.74. The highest BCUT2D eigenvalue weighted by Crippen LogP contribution is 2.37. The van der Waals surface area contributed by atoms with E-state index in [-0.39, 0.29) is 21.6 Å². The van der Waals surface area contributed by atoms with Gasteiger partial charge in [-0.1, -0.05) is 17.7 Å². The normalized spacial score (nSPS) is 14.4. The second kappa shape index (κ2) is 7.68. The third-order valence-corrected chi connectivity index (χ3v) is 5.63. The summed E-state index contributed by atoms with van der Waals surface area (Å²) in [5.41, 5.74) is -0.853. The van der Waals surface area contributed by atoms with Crippen molar-refractivity contribution in [2.24, 2.45) is 0 Å². The number of carboxylic acid groups (broad SMARTS) is 1. The first-order valence-corrected chi connectivity index (χ1v) is 9.93. The van der Waals surface area contributed by atoms with Crippen molar-refractivity contribution in [1.29, 1.82) is 0 Å². The van der Waals surface area contributed by atoms with Gasteiger partial charge >= 0.3 is 5.97 Å². The molecule has 0 saturated carbocycles. The maximum Gasteiger partial charge on any atom is 0.341 e. The molecule has 3 aromatic rings. The van der Waals surface area contributed by atoms with Gasteiger partial charge in [-0.05, 0) is 37.5 Å². The molecule has 1 aromatic carbocycles. The number of hydrogen-bond acceptors (Lipinski definition) is 5. The maximum absolute atomic E-state index is 15.0. The Bertz CT molecular complexity index is 1190. The molecule has 0 atom stereocenters. The smallest absolute Gasteiger partial charge is 0.341 e. The van der Waals surface area contributed by atoms with Crippen LogP contribution >= 0.6 is 24.2 Å². The number of anilines is 1. The van der Waals surface area contributed by atoms with Crippen molar-refractivity contribution in [3.05, 3.63) is 57.1 Å². The zero-order valence-electron chi connectivity index (χ0n) is 15.2. The van der Waals surface area contributed by atoms with Crippen molar-refractivity contribution in [2.45, 2.75) is 24.3 Å². The first kappa shape index (κ1) is 19.7. The molecule has 0 bridgehead atoms. The van der Waals surface area contributed by atoms with E-state index >= 15 is 4.39 Å². The fraction of sp³-hybridized carbons (Fsp3) is 0.250. The average molecular weight is 434 g/mol. The van der Waals surface area contributed by atoms with Crippen LogP contribution in [0.3, 0.4) is 0 Å². The van der Waals surface area contributed by atoms with E-state index in [0.717, 1.165) is 25.3 Å². The Morgan fingerprint density at radius 2 is 1.97 bits per heavy atom. The van der Waals surface area contributed by atoms with Gasteiger partial charge in [0.1, 0.15) is 17.2 Å². The lowest BCUT2D eigenvalue weighted by atomic mass is 10.1. The van der Waals surface area contributed by atoms with Gasteiger partial charge in [0.15, 0.2) is 0 Å². The van der Waals surface area contributed by atoms with Gasteiger partial charge in [-0.15, -0.1) is 12.6 Å². The molecule has 0 spiro atoms. The Morgan fingerprint density at radius 3 is 2.62 bits per heavy atom. The number of carbonyl (C=O) groups is 1. The van der Waals surface area contributed by atoms with Crippen LogP contribution in [0, 0.1) is 5.82 Å². The molecule has 1 saturated heterocycles. The van der Waals surface area contributed by atoms with Crippen LogP contribution in [0.5, 0.6) is 0 Å². The predicted molar refractivity (Wildman–Crippen MR) is 113 cm³/mol. The molecule has 0 unspecified atom stereocenters. The summed E-state index contributed by atoms with van der Waals surface area (Å²) in [6, 6.07) is 6.06. The highest BCUT2D eigenvalue weighted by atomic mass is 35.5. The number of aromatic carboxylic acids is 1. The number of aromatic nitrogens is 2. The minimum atomic E-state index is -1.41. The third-order valence-electron chi connectivity index (χ3n) is 5.03. The summed E-state index contributed by atoms with van der Waals surface area (Å²) < 4.78 is 16.4. The van der Waals surface area contributed by atoms with Gasteiger partial charge in [-0.2, -0.15) is 0 Å². The number of piperidine rings is 1. The van der Waals surface area contributed by atoms with Crippen molar-refractivity contribution in [3.63, 3.8) is 0 Å². The van der Waals surface area contributed by atoms with E-state index in [2.05, 4.69) is 17.6 Å². The lowest BCUT2D eigenvalue weighted by Gasteiger charge is -2.30. The Hall–Kier alpha value is -2.58. The Morgan fingerprint density at radius 1 is 1.24 bits per heavy atom. The third kappa shape index (κ3) is 3.47. The van der Waals surface area contributed by atoms with Gasteiger partial charge in [0, 0.05) is 19.3 Å². The quantitative estimate of drug-likeness (QED) is 0.607. The molecule has 0 radical (unpaired) electrons. The van der Waals surface area contributed by atoms with Crippen LogP contribution in [0.25, 0.3) is 16.7 Å². The Labute approximate surface area is 176 Å². The van der Waals surface area contributed by atoms with Crippen LogP contribution in [0.1, 0.15) is 29.6 Å². The highest BCUT2D eigenvalue weighted by Gasteiger charge is 2.25. The maximum atomic E-state index is 15.0. The fourth-order valence-corrected chi connectivity index (χ4v) is 4.28. The standard InChI is InChI=1S/C20H17ClFN3O3S/c21-16-17-11(9-13(22)18(16)24-7-2-1-3-8-24)19(26)12(20(27)28)10-25(17)14-5-4-6-15(29)23-14/h4-6,9-10H,1-3,7-8H2,(H,23,29)(H,27,28). The van der Waals surface area contributed by atoms with Crippen molar-refractivity contribution in [2.75, 3.05) is 18.0 Å². The molecular formula is C20H17ClFN3O3S. The SMILES string of the molecule is O=C(O)c1cn(-c2cccc(S)n2)c2c(Cl)c(N3CCCCC3)c(F)cc2c1=O. The van der Waals surface area contributed by atoms with E-state index in [0.29, 0.717) is 23.9 Å². The van der Waals surface area contributed by atoms with E-state index in [9.17, 15) is 14.7 Å². The Balaban J connectivity index is 2.10. The van der Waals surface area contributed by atoms with E-state index in [1.807, 2.05) is 4.90 Å². The van der Waals surface area contributed by atoms with Crippen molar-refractivity contribution >= 4 is 46.8 Å². The molecule has 0 amide bonds. The number of nitrogens with zero attached hydrogens (tertiary/aromatic N) is 3. The number of fused-ring (bicyclic) bond motifs is 1. The van der Waals surface area contributed by atoms with Crippen molar-refractivity contribution in [3.8, 4) is 5.82 Å². The molecule has 3 heterocycles. The van der Waals surface area contributed by atoms with Gasteiger partial charge in [0.05, 0.1) is 26.6 Å². The zero-order valence-corrected chi connectivity index (χ0v) is 16.9. The molecule has 2 aromatic heterocycles. The molecule has 1 fully saturated rings. The van der Waals surface area contributed by atoms with Crippen LogP contribution < -0.4 is 10.3 Å². The zero-order chi connectivity index (χ0) is 20.7.